The molecule has 0 radical (unpaired) electrons. The summed E-state index contributed by atoms with van der Waals surface area (Å²) in [7, 11) is 0. The Labute approximate surface area is 218 Å². The number of hydrogen-bond donors (Lipinski definition) is 0. The summed E-state index contributed by atoms with van der Waals surface area (Å²) in [5.74, 6) is 5.48. The van der Waals surface area contributed by atoms with Crippen molar-refractivity contribution < 1.29 is 0 Å². The molecule has 0 aromatic carbocycles. The number of allylic oxidation sites excluding steroid dienone is 2. The van der Waals surface area contributed by atoms with Crippen LogP contribution in [0.15, 0.2) is 24.3 Å². The summed E-state index contributed by atoms with van der Waals surface area (Å²) in [6.45, 7) is 10.1. The van der Waals surface area contributed by atoms with E-state index in [9.17, 15) is 0 Å². The Morgan fingerprint density at radius 1 is 0.600 bits per heavy atom. The lowest BCUT2D eigenvalue weighted by Gasteiger charge is -2.36. The smallest absolute Gasteiger partial charge is 0.0164 e. The molecule has 4 aliphatic carbocycles. The van der Waals surface area contributed by atoms with E-state index in [0.29, 0.717) is 0 Å². The zero-order chi connectivity index (χ0) is 24.0. The molecule has 1 heterocycles. The fourth-order valence-corrected chi connectivity index (χ4v) is 9.37. The third-order valence-electron chi connectivity index (χ3n) is 11.1. The van der Waals surface area contributed by atoms with Crippen LogP contribution in [0.3, 0.4) is 0 Å². The predicted molar refractivity (Wildman–Crippen MR) is 151 cm³/mol. The monoisotopic (exact) mass is 480 g/mol. The molecule has 198 valence electrons. The van der Waals surface area contributed by atoms with Gasteiger partial charge in [0.05, 0.1) is 0 Å². The second kappa shape index (κ2) is 12.8. The van der Waals surface area contributed by atoms with Crippen molar-refractivity contribution in [2.75, 3.05) is 26.2 Å². The van der Waals surface area contributed by atoms with Gasteiger partial charge >= 0.3 is 0 Å². The van der Waals surface area contributed by atoms with Gasteiger partial charge in [-0.05, 0) is 107 Å². The third-order valence-corrected chi connectivity index (χ3v) is 11.1. The highest BCUT2D eigenvalue weighted by molar-refractivity contribution is 5.15. The molecule has 0 aromatic heterocycles. The van der Waals surface area contributed by atoms with Gasteiger partial charge in [0.2, 0.25) is 0 Å². The summed E-state index contributed by atoms with van der Waals surface area (Å²) in [5, 5.41) is 0. The van der Waals surface area contributed by atoms with Crippen LogP contribution in [0, 0.1) is 35.5 Å². The highest BCUT2D eigenvalue weighted by atomic mass is 15.2. The van der Waals surface area contributed by atoms with Crippen LogP contribution in [0.4, 0.5) is 0 Å². The number of fused-ring (bicyclic) bond motifs is 6. The Balaban J connectivity index is 1.41. The Kier molecular flexibility index (Phi) is 9.49. The van der Waals surface area contributed by atoms with Gasteiger partial charge in [-0.2, -0.15) is 0 Å². The SMILES string of the molecule is CCCCN1CCCN(CCCC)[C@H]2CC3CCCC[C@@H]3[C@H]2C=CC=C[C@@H]2C3CCCC[C@@H]3CC21. The van der Waals surface area contributed by atoms with E-state index in [0.717, 1.165) is 47.6 Å². The lowest BCUT2D eigenvalue weighted by atomic mass is 9.77. The molecule has 35 heavy (non-hydrogen) atoms. The van der Waals surface area contributed by atoms with Crippen molar-refractivity contribution in [1.82, 2.24) is 9.80 Å². The molecular weight excluding hydrogens is 424 g/mol. The molecule has 3 unspecified atom stereocenters. The molecule has 4 saturated carbocycles. The topological polar surface area (TPSA) is 6.48 Å². The predicted octanol–water partition coefficient (Wildman–Crippen LogP) is 8.10. The minimum absolute atomic E-state index is 0.792. The third kappa shape index (κ3) is 5.95. The van der Waals surface area contributed by atoms with E-state index >= 15 is 0 Å². The first-order valence-electron chi connectivity index (χ1n) is 16.1. The molecule has 8 atom stereocenters. The minimum Gasteiger partial charge on any atom is -0.300 e. The molecule has 0 bridgehead atoms. The van der Waals surface area contributed by atoms with Gasteiger partial charge in [0, 0.05) is 12.1 Å². The summed E-state index contributed by atoms with van der Waals surface area (Å²) in [6, 6.07) is 1.60. The largest absolute Gasteiger partial charge is 0.300 e. The Morgan fingerprint density at radius 3 is 1.51 bits per heavy atom. The fourth-order valence-electron chi connectivity index (χ4n) is 9.37. The number of rotatable bonds is 6. The van der Waals surface area contributed by atoms with Crippen molar-refractivity contribution >= 4 is 0 Å². The molecule has 4 fully saturated rings. The zero-order valence-electron chi connectivity index (χ0n) is 23.3. The Hall–Kier alpha value is -0.600. The maximum Gasteiger partial charge on any atom is 0.0164 e. The van der Waals surface area contributed by atoms with Crippen LogP contribution in [0.1, 0.15) is 110 Å². The average Bonchev–Trinajstić information content (AvgIpc) is 3.44. The summed E-state index contributed by atoms with van der Waals surface area (Å²) < 4.78 is 0. The van der Waals surface area contributed by atoms with Crippen molar-refractivity contribution in [3.63, 3.8) is 0 Å². The van der Waals surface area contributed by atoms with E-state index in [1.54, 1.807) is 0 Å². The molecule has 2 heteroatoms. The molecule has 0 spiro atoms. The van der Waals surface area contributed by atoms with Gasteiger partial charge in [0.25, 0.3) is 0 Å². The van der Waals surface area contributed by atoms with E-state index in [-0.39, 0.29) is 0 Å². The maximum absolute atomic E-state index is 2.99. The lowest BCUT2D eigenvalue weighted by molar-refractivity contribution is 0.128. The second-order valence-electron chi connectivity index (χ2n) is 13.1. The zero-order valence-corrected chi connectivity index (χ0v) is 23.3. The Morgan fingerprint density at radius 2 is 1.06 bits per heavy atom. The first kappa shape index (κ1) is 26.0. The normalized spacial score (nSPS) is 40.7. The highest BCUT2D eigenvalue weighted by Crippen LogP contribution is 2.50. The van der Waals surface area contributed by atoms with Crippen LogP contribution >= 0.6 is 0 Å². The van der Waals surface area contributed by atoms with Gasteiger partial charge < -0.3 is 0 Å². The molecule has 5 rings (SSSR count). The molecule has 1 aliphatic heterocycles. The molecule has 2 nitrogen and oxygen atoms in total. The molecule has 0 amide bonds. The van der Waals surface area contributed by atoms with Crippen LogP contribution in [-0.4, -0.2) is 48.1 Å². The van der Waals surface area contributed by atoms with Crippen LogP contribution < -0.4 is 0 Å². The first-order chi connectivity index (χ1) is 17.3. The van der Waals surface area contributed by atoms with E-state index in [1.165, 1.54) is 122 Å². The van der Waals surface area contributed by atoms with Gasteiger partial charge in [-0.3, -0.25) is 9.80 Å². The van der Waals surface area contributed by atoms with E-state index in [2.05, 4.69) is 48.0 Å². The van der Waals surface area contributed by atoms with Crippen molar-refractivity contribution in [3.8, 4) is 0 Å². The summed E-state index contributed by atoms with van der Waals surface area (Å²) in [5.41, 5.74) is 0. The van der Waals surface area contributed by atoms with Gasteiger partial charge in [-0.25, -0.2) is 0 Å². The standard InChI is InChI=1S/C33H56N2/c1-3-5-20-34-22-13-23-35(21-6-4-2)33-25-27-15-8-10-17-29(27)31(33)19-12-11-18-30-28-16-9-7-14-26(28)24-32(30)34/h11-12,18-19,26-33H,3-10,13-17,20-25H2,1-2H3/t26-,27?,28?,29+,30-,31-,32?,33+/m1/s1. The van der Waals surface area contributed by atoms with E-state index in [1.807, 2.05) is 0 Å². The quantitative estimate of drug-likeness (QED) is 0.379. The second-order valence-corrected chi connectivity index (χ2v) is 13.1. The number of hydrogen-bond acceptors (Lipinski definition) is 2. The van der Waals surface area contributed by atoms with Crippen LogP contribution in [-0.2, 0) is 0 Å². The summed E-state index contributed by atoms with van der Waals surface area (Å²) >= 11 is 0. The van der Waals surface area contributed by atoms with Gasteiger partial charge in [0.1, 0.15) is 0 Å². The van der Waals surface area contributed by atoms with Crippen molar-refractivity contribution in [3.05, 3.63) is 24.3 Å². The summed E-state index contributed by atoms with van der Waals surface area (Å²) in [4.78, 5) is 5.98. The van der Waals surface area contributed by atoms with E-state index in [4.69, 9.17) is 0 Å². The molecule has 0 aromatic rings. The number of nitrogens with zero attached hydrogens (tertiary/aromatic N) is 2. The minimum atomic E-state index is 0.792. The molecule has 0 saturated heterocycles. The maximum atomic E-state index is 2.99. The highest BCUT2D eigenvalue weighted by Gasteiger charge is 2.46. The first-order valence-corrected chi connectivity index (χ1v) is 16.1. The van der Waals surface area contributed by atoms with Crippen LogP contribution in [0.25, 0.3) is 0 Å². The van der Waals surface area contributed by atoms with Crippen molar-refractivity contribution in [1.29, 1.82) is 0 Å². The van der Waals surface area contributed by atoms with Gasteiger partial charge in [-0.15, -0.1) is 0 Å². The van der Waals surface area contributed by atoms with Gasteiger partial charge in [0.15, 0.2) is 0 Å². The molecule has 5 aliphatic rings. The van der Waals surface area contributed by atoms with Gasteiger partial charge in [-0.1, -0.05) is 89.5 Å². The number of unbranched alkanes of at least 4 members (excludes halogenated alkanes) is 2. The molecule has 0 N–H and O–H groups in total. The van der Waals surface area contributed by atoms with E-state index < -0.39 is 0 Å². The Bertz CT molecular complexity index is 639. The lowest BCUT2D eigenvalue weighted by Crippen LogP contribution is -2.43. The van der Waals surface area contributed by atoms with Crippen LogP contribution in [0.2, 0.25) is 0 Å². The summed E-state index contributed by atoms with van der Waals surface area (Å²) in [6.07, 6.45) is 32.1. The average molecular weight is 481 g/mol. The fraction of sp³-hybridized carbons (Fsp3) is 0.879. The van der Waals surface area contributed by atoms with Crippen molar-refractivity contribution in [2.24, 2.45) is 35.5 Å². The molecular formula is C33H56N2. The van der Waals surface area contributed by atoms with Crippen molar-refractivity contribution in [2.45, 2.75) is 122 Å². The van der Waals surface area contributed by atoms with Crippen LogP contribution in [0.5, 0.6) is 0 Å².